The second-order valence-corrected chi connectivity index (χ2v) is 3.67. The lowest BCUT2D eigenvalue weighted by molar-refractivity contribution is 0.0593. The van der Waals surface area contributed by atoms with Crippen molar-refractivity contribution in [2.75, 3.05) is 21.3 Å². The number of halogens is 2. The zero-order valence-electron chi connectivity index (χ0n) is 9.34. The maximum Gasteiger partial charge on any atom is 0.345 e. The predicted molar refractivity (Wildman–Crippen MR) is 62.6 cm³/mol. The minimum Gasteiger partial charge on any atom is -0.505 e. The van der Waals surface area contributed by atoms with E-state index in [0.29, 0.717) is 0 Å². The molecule has 94 valence electrons. The molecule has 1 N–H and O–H groups in total. The lowest BCUT2D eigenvalue weighted by atomic mass is 10.1. The Bertz CT molecular complexity index is 459. The first-order valence-electron chi connectivity index (χ1n) is 4.39. The molecule has 0 aliphatic rings. The van der Waals surface area contributed by atoms with Gasteiger partial charge in [-0.15, -0.1) is 0 Å². The van der Waals surface area contributed by atoms with Gasteiger partial charge in [0.2, 0.25) is 0 Å². The molecule has 0 unspecified atom stereocenters. The van der Waals surface area contributed by atoms with E-state index >= 15 is 0 Å². The SMILES string of the molecule is COC(=O)c1c(O)c(Cl)c(OC)c(Cl)c1OC. The highest BCUT2D eigenvalue weighted by Gasteiger charge is 2.28. The second-order valence-electron chi connectivity index (χ2n) is 2.91. The van der Waals surface area contributed by atoms with E-state index in [2.05, 4.69) is 4.74 Å². The molecule has 0 bridgehead atoms. The Balaban J connectivity index is 3.65. The van der Waals surface area contributed by atoms with E-state index in [4.69, 9.17) is 32.7 Å². The van der Waals surface area contributed by atoms with Crippen LogP contribution in [0.1, 0.15) is 10.4 Å². The molecule has 17 heavy (non-hydrogen) atoms. The van der Waals surface area contributed by atoms with Gasteiger partial charge in [0.15, 0.2) is 17.2 Å². The number of phenols is 1. The minimum atomic E-state index is -0.814. The molecule has 0 saturated carbocycles. The molecule has 0 aromatic heterocycles. The molecule has 0 atom stereocenters. The van der Waals surface area contributed by atoms with E-state index in [9.17, 15) is 9.90 Å². The fraction of sp³-hybridized carbons (Fsp3) is 0.300. The van der Waals surface area contributed by atoms with Crippen LogP contribution in [-0.4, -0.2) is 32.4 Å². The number of hydrogen-bond donors (Lipinski definition) is 1. The normalized spacial score (nSPS) is 9.94. The lowest BCUT2D eigenvalue weighted by Gasteiger charge is -2.15. The van der Waals surface area contributed by atoms with Gasteiger partial charge in [0, 0.05) is 0 Å². The van der Waals surface area contributed by atoms with Crippen LogP contribution in [0.4, 0.5) is 0 Å². The minimum absolute atomic E-state index is 0.0156. The average molecular weight is 281 g/mol. The van der Waals surface area contributed by atoms with Crippen molar-refractivity contribution in [3.8, 4) is 17.2 Å². The Kier molecular flexibility index (Phi) is 4.31. The molecule has 1 rings (SSSR count). The number of phenolic OH excluding ortho intramolecular Hbond substituents is 1. The molecule has 0 fully saturated rings. The van der Waals surface area contributed by atoms with Crippen LogP contribution >= 0.6 is 23.2 Å². The fourth-order valence-corrected chi connectivity index (χ4v) is 1.95. The highest BCUT2D eigenvalue weighted by Crippen LogP contribution is 2.48. The Labute approximate surface area is 108 Å². The standard InChI is InChI=1S/C10H10Cl2O5/c1-15-8-4(10(14)17-3)7(13)5(11)9(16-2)6(8)12/h13H,1-3H3. The van der Waals surface area contributed by atoms with Crippen LogP contribution < -0.4 is 9.47 Å². The van der Waals surface area contributed by atoms with Crippen LogP contribution in [0.25, 0.3) is 0 Å². The predicted octanol–water partition coefficient (Wildman–Crippen LogP) is 2.50. The highest BCUT2D eigenvalue weighted by molar-refractivity contribution is 6.40. The van der Waals surface area contributed by atoms with Crippen LogP contribution in [0, 0.1) is 0 Å². The first-order valence-corrected chi connectivity index (χ1v) is 5.15. The third kappa shape index (κ3) is 2.21. The molecule has 1 aromatic carbocycles. The quantitative estimate of drug-likeness (QED) is 0.862. The molecule has 0 amide bonds. The summed E-state index contributed by atoms with van der Waals surface area (Å²) in [6, 6.07) is 0. The molecule has 0 saturated heterocycles. The average Bonchev–Trinajstić information content (AvgIpc) is 2.33. The number of carbonyl (C=O) groups excluding carboxylic acids is 1. The number of rotatable bonds is 3. The number of esters is 1. The van der Waals surface area contributed by atoms with Gasteiger partial charge in [-0.3, -0.25) is 0 Å². The van der Waals surface area contributed by atoms with Gasteiger partial charge in [0.05, 0.1) is 21.3 Å². The van der Waals surface area contributed by atoms with Gasteiger partial charge in [-0.1, -0.05) is 23.2 Å². The summed E-state index contributed by atoms with van der Waals surface area (Å²) in [7, 11) is 3.78. The van der Waals surface area contributed by atoms with Crippen LogP contribution in [0.2, 0.25) is 10.0 Å². The highest BCUT2D eigenvalue weighted by atomic mass is 35.5. The molecule has 0 aliphatic carbocycles. The molecular weight excluding hydrogens is 271 g/mol. The summed E-state index contributed by atoms with van der Waals surface area (Å²) in [5.74, 6) is -1.35. The summed E-state index contributed by atoms with van der Waals surface area (Å²) < 4.78 is 14.4. The van der Waals surface area contributed by atoms with E-state index in [1.807, 2.05) is 0 Å². The zero-order chi connectivity index (χ0) is 13.2. The number of ether oxygens (including phenoxy) is 3. The van der Waals surface area contributed by atoms with E-state index in [1.54, 1.807) is 0 Å². The Morgan fingerprint density at radius 1 is 1.06 bits per heavy atom. The number of hydrogen-bond acceptors (Lipinski definition) is 5. The van der Waals surface area contributed by atoms with Gasteiger partial charge < -0.3 is 19.3 Å². The smallest absolute Gasteiger partial charge is 0.345 e. The van der Waals surface area contributed by atoms with Crippen LogP contribution in [0.5, 0.6) is 17.2 Å². The number of benzene rings is 1. The summed E-state index contributed by atoms with van der Waals surface area (Å²) in [6.45, 7) is 0. The van der Waals surface area contributed by atoms with Crippen molar-refractivity contribution in [2.24, 2.45) is 0 Å². The summed E-state index contributed by atoms with van der Waals surface area (Å²) in [5, 5.41) is 9.60. The van der Waals surface area contributed by atoms with Crippen molar-refractivity contribution < 1.29 is 24.1 Å². The largest absolute Gasteiger partial charge is 0.505 e. The maximum atomic E-state index is 11.5. The summed E-state index contributed by atoms with van der Waals surface area (Å²) in [5.41, 5.74) is -0.245. The summed E-state index contributed by atoms with van der Waals surface area (Å²) >= 11 is 11.8. The number of methoxy groups -OCH3 is 3. The second kappa shape index (κ2) is 5.33. The third-order valence-electron chi connectivity index (χ3n) is 2.07. The van der Waals surface area contributed by atoms with E-state index in [0.717, 1.165) is 7.11 Å². The molecule has 1 aromatic rings. The third-order valence-corrected chi connectivity index (χ3v) is 2.76. The van der Waals surface area contributed by atoms with E-state index < -0.39 is 11.7 Å². The first kappa shape index (κ1) is 13.7. The molecule has 0 radical (unpaired) electrons. The molecule has 0 aliphatic heterocycles. The van der Waals surface area contributed by atoms with Crippen molar-refractivity contribution in [2.45, 2.75) is 0 Å². The Morgan fingerprint density at radius 3 is 2.00 bits per heavy atom. The van der Waals surface area contributed by atoms with Gasteiger partial charge in [0.1, 0.15) is 15.6 Å². The Morgan fingerprint density at radius 2 is 1.59 bits per heavy atom. The topological polar surface area (TPSA) is 65.0 Å². The van der Waals surface area contributed by atoms with Crippen molar-refractivity contribution in [3.63, 3.8) is 0 Å². The van der Waals surface area contributed by atoms with Crippen molar-refractivity contribution in [3.05, 3.63) is 15.6 Å². The van der Waals surface area contributed by atoms with Crippen molar-refractivity contribution >= 4 is 29.2 Å². The van der Waals surface area contributed by atoms with Gasteiger partial charge in [-0.05, 0) is 0 Å². The van der Waals surface area contributed by atoms with E-state index in [-0.39, 0.29) is 27.1 Å². The monoisotopic (exact) mass is 280 g/mol. The number of carbonyl (C=O) groups is 1. The molecule has 0 spiro atoms. The molecule has 5 nitrogen and oxygen atoms in total. The van der Waals surface area contributed by atoms with Crippen LogP contribution in [0.3, 0.4) is 0 Å². The fourth-order valence-electron chi connectivity index (χ4n) is 1.30. The van der Waals surface area contributed by atoms with Gasteiger partial charge in [-0.25, -0.2) is 4.79 Å². The summed E-state index contributed by atoms with van der Waals surface area (Å²) in [6.07, 6.45) is 0. The maximum absolute atomic E-state index is 11.5. The van der Waals surface area contributed by atoms with Crippen molar-refractivity contribution in [1.82, 2.24) is 0 Å². The molecule has 7 heteroatoms. The van der Waals surface area contributed by atoms with E-state index in [1.165, 1.54) is 14.2 Å². The molecule has 0 heterocycles. The van der Waals surface area contributed by atoms with Gasteiger partial charge in [0.25, 0.3) is 0 Å². The number of aromatic hydroxyl groups is 1. The van der Waals surface area contributed by atoms with Crippen LogP contribution in [-0.2, 0) is 4.74 Å². The Hall–Kier alpha value is -1.33. The van der Waals surface area contributed by atoms with Gasteiger partial charge >= 0.3 is 5.97 Å². The first-order chi connectivity index (χ1) is 7.99. The zero-order valence-corrected chi connectivity index (χ0v) is 10.8. The van der Waals surface area contributed by atoms with Gasteiger partial charge in [-0.2, -0.15) is 0 Å². The van der Waals surface area contributed by atoms with Crippen LogP contribution in [0.15, 0.2) is 0 Å². The summed E-state index contributed by atoms with van der Waals surface area (Å²) in [4.78, 5) is 11.5. The van der Waals surface area contributed by atoms with Crippen molar-refractivity contribution in [1.29, 1.82) is 0 Å². The molecular formula is C10H10Cl2O5. The lowest BCUT2D eigenvalue weighted by Crippen LogP contribution is -2.06.